The predicted octanol–water partition coefficient (Wildman–Crippen LogP) is 5.98. The molecule has 0 amide bonds. The lowest BCUT2D eigenvalue weighted by Gasteiger charge is -2.07. The van der Waals surface area contributed by atoms with Gasteiger partial charge in [0.1, 0.15) is 0 Å². The molecule has 0 unspecified atom stereocenters. The zero-order valence-electron chi connectivity index (χ0n) is 19.7. The highest BCUT2D eigenvalue weighted by Crippen LogP contribution is 2.26. The lowest BCUT2D eigenvalue weighted by molar-refractivity contribution is 0.0676. The normalized spacial score (nSPS) is 10.8. The Hall–Kier alpha value is -5.50. The topological polar surface area (TPSA) is 149 Å². The van der Waals surface area contributed by atoms with E-state index in [4.69, 9.17) is 0 Å². The van der Waals surface area contributed by atoms with Crippen molar-refractivity contribution in [3.63, 3.8) is 0 Å². The van der Waals surface area contributed by atoms with Crippen molar-refractivity contribution in [2.75, 3.05) is 0 Å². The molecule has 0 bridgehead atoms. The molecular formula is C30H20O8. The van der Waals surface area contributed by atoms with Crippen LogP contribution in [-0.4, -0.2) is 44.3 Å². The Kier molecular flexibility index (Phi) is 7.16. The van der Waals surface area contributed by atoms with Crippen molar-refractivity contribution >= 4 is 36.0 Å². The Bertz CT molecular complexity index is 1410. The van der Waals surface area contributed by atoms with Gasteiger partial charge in [-0.05, 0) is 69.8 Å². The van der Waals surface area contributed by atoms with E-state index in [0.29, 0.717) is 22.3 Å². The van der Waals surface area contributed by atoms with Crippen molar-refractivity contribution in [1.29, 1.82) is 0 Å². The maximum absolute atomic E-state index is 11.4. The summed E-state index contributed by atoms with van der Waals surface area (Å²) in [7, 11) is 0. The van der Waals surface area contributed by atoms with E-state index >= 15 is 0 Å². The van der Waals surface area contributed by atoms with E-state index < -0.39 is 23.9 Å². The summed E-state index contributed by atoms with van der Waals surface area (Å²) in [5.41, 5.74) is 3.56. The van der Waals surface area contributed by atoms with E-state index in [1.807, 2.05) is 36.4 Å². The van der Waals surface area contributed by atoms with Crippen molar-refractivity contribution < 1.29 is 39.6 Å². The van der Waals surface area contributed by atoms with E-state index in [2.05, 4.69) is 0 Å². The molecule has 0 atom stereocenters. The molecule has 0 aromatic heterocycles. The Morgan fingerprint density at radius 3 is 0.895 bits per heavy atom. The van der Waals surface area contributed by atoms with Crippen LogP contribution < -0.4 is 0 Å². The SMILES string of the molecule is O=C(O)c1cc(C(=O)O)cc(-c2ccc(/C=C/c3ccc(-c4cc(C(=O)O)cc(C(=O)O)c4)cc3)cc2)c1. The smallest absolute Gasteiger partial charge is 0.335 e. The van der Waals surface area contributed by atoms with Gasteiger partial charge in [-0.2, -0.15) is 0 Å². The third-order valence-electron chi connectivity index (χ3n) is 5.81. The van der Waals surface area contributed by atoms with Crippen LogP contribution in [0, 0.1) is 0 Å². The van der Waals surface area contributed by atoms with Gasteiger partial charge < -0.3 is 20.4 Å². The Morgan fingerprint density at radius 2 is 0.658 bits per heavy atom. The second-order valence-electron chi connectivity index (χ2n) is 8.40. The van der Waals surface area contributed by atoms with Crippen LogP contribution in [0.1, 0.15) is 52.6 Å². The fourth-order valence-corrected chi connectivity index (χ4v) is 3.85. The molecule has 0 saturated heterocycles. The molecule has 0 saturated carbocycles. The van der Waals surface area contributed by atoms with E-state index in [0.717, 1.165) is 23.3 Å². The van der Waals surface area contributed by atoms with Gasteiger partial charge in [0.15, 0.2) is 0 Å². The summed E-state index contributed by atoms with van der Waals surface area (Å²) < 4.78 is 0. The summed E-state index contributed by atoms with van der Waals surface area (Å²) in [6.07, 6.45) is 3.73. The van der Waals surface area contributed by atoms with Crippen LogP contribution in [0.3, 0.4) is 0 Å². The van der Waals surface area contributed by atoms with Crippen LogP contribution in [0.25, 0.3) is 34.4 Å². The zero-order chi connectivity index (χ0) is 27.4. The first-order valence-corrected chi connectivity index (χ1v) is 11.2. The van der Waals surface area contributed by atoms with Crippen LogP contribution in [0.5, 0.6) is 0 Å². The summed E-state index contributed by atoms with van der Waals surface area (Å²) in [6.45, 7) is 0. The summed E-state index contributed by atoms with van der Waals surface area (Å²) in [6, 6.07) is 22.3. The highest BCUT2D eigenvalue weighted by molar-refractivity contribution is 5.97. The minimum atomic E-state index is -1.21. The molecule has 0 spiro atoms. The zero-order valence-corrected chi connectivity index (χ0v) is 19.7. The van der Waals surface area contributed by atoms with Gasteiger partial charge in [-0.15, -0.1) is 0 Å². The van der Waals surface area contributed by atoms with Crippen LogP contribution in [0.4, 0.5) is 0 Å². The molecule has 38 heavy (non-hydrogen) atoms. The van der Waals surface area contributed by atoms with Crippen LogP contribution in [0.15, 0.2) is 84.9 Å². The van der Waals surface area contributed by atoms with E-state index in [1.54, 1.807) is 24.3 Å². The quantitative estimate of drug-likeness (QED) is 0.212. The highest BCUT2D eigenvalue weighted by Gasteiger charge is 2.13. The van der Waals surface area contributed by atoms with Gasteiger partial charge in [-0.1, -0.05) is 60.7 Å². The molecule has 188 valence electrons. The number of carboxylic acid groups (broad SMARTS) is 4. The average molecular weight is 508 g/mol. The molecule has 4 N–H and O–H groups in total. The first-order valence-electron chi connectivity index (χ1n) is 11.2. The van der Waals surface area contributed by atoms with E-state index in [1.165, 1.54) is 24.3 Å². The Labute approximate surface area is 216 Å². The van der Waals surface area contributed by atoms with Gasteiger partial charge in [-0.25, -0.2) is 19.2 Å². The van der Waals surface area contributed by atoms with Crippen LogP contribution in [-0.2, 0) is 0 Å². The second-order valence-corrected chi connectivity index (χ2v) is 8.40. The molecule has 0 aliphatic rings. The van der Waals surface area contributed by atoms with Crippen molar-refractivity contribution in [3.8, 4) is 22.3 Å². The summed E-state index contributed by atoms with van der Waals surface area (Å²) in [5, 5.41) is 37.1. The molecule has 4 aromatic rings. The van der Waals surface area contributed by atoms with Crippen molar-refractivity contribution in [3.05, 3.63) is 118 Å². The Balaban J connectivity index is 1.54. The number of carbonyl (C=O) groups is 4. The average Bonchev–Trinajstić information content (AvgIpc) is 2.91. The first-order chi connectivity index (χ1) is 18.1. The van der Waals surface area contributed by atoms with Crippen molar-refractivity contribution in [2.45, 2.75) is 0 Å². The van der Waals surface area contributed by atoms with Crippen molar-refractivity contribution in [1.82, 2.24) is 0 Å². The fraction of sp³-hybridized carbons (Fsp3) is 0. The lowest BCUT2D eigenvalue weighted by Crippen LogP contribution is -2.03. The number of rotatable bonds is 8. The third kappa shape index (κ3) is 5.83. The summed E-state index contributed by atoms with van der Waals surface area (Å²) >= 11 is 0. The lowest BCUT2D eigenvalue weighted by atomic mass is 9.98. The molecule has 0 aliphatic carbocycles. The van der Waals surface area contributed by atoms with Crippen molar-refractivity contribution in [2.24, 2.45) is 0 Å². The minimum Gasteiger partial charge on any atom is -0.478 e. The summed E-state index contributed by atoms with van der Waals surface area (Å²) in [5.74, 6) is -4.85. The maximum Gasteiger partial charge on any atom is 0.335 e. The summed E-state index contributed by atoms with van der Waals surface area (Å²) in [4.78, 5) is 45.5. The first kappa shape index (κ1) is 25.6. The van der Waals surface area contributed by atoms with Gasteiger partial charge in [0, 0.05) is 0 Å². The van der Waals surface area contributed by atoms with Crippen LogP contribution >= 0.6 is 0 Å². The Morgan fingerprint density at radius 1 is 0.395 bits per heavy atom. The molecule has 0 radical (unpaired) electrons. The van der Waals surface area contributed by atoms with Crippen LogP contribution in [0.2, 0.25) is 0 Å². The standard InChI is InChI=1S/C30H20O8/c31-27(32)23-11-21(12-24(15-23)28(33)34)19-7-3-17(4-8-19)1-2-18-5-9-20(10-6-18)22-13-25(29(35)36)16-26(14-22)30(37)38/h1-16H,(H,31,32)(H,33,34)(H,35,36)(H,37,38)/b2-1+. The number of carboxylic acids is 4. The molecule has 0 heterocycles. The second kappa shape index (κ2) is 10.6. The number of benzene rings is 4. The number of aromatic carboxylic acids is 4. The molecule has 0 aliphatic heterocycles. The minimum absolute atomic E-state index is 0.110. The monoisotopic (exact) mass is 508 g/mol. The molecular weight excluding hydrogens is 488 g/mol. The third-order valence-corrected chi connectivity index (χ3v) is 5.81. The van der Waals surface area contributed by atoms with E-state index in [-0.39, 0.29) is 22.3 Å². The molecule has 4 rings (SSSR count). The van der Waals surface area contributed by atoms with Gasteiger partial charge in [0.05, 0.1) is 22.3 Å². The predicted molar refractivity (Wildman–Crippen MR) is 141 cm³/mol. The van der Waals surface area contributed by atoms with Gasteiger partial charge in [0.2, 0.25) is 0 Å². The van der Waals surface area contributed by atoms with E-state index in [9.17, 15) is 39.6 Å². The molecule has 0 fully saturated rings. The molecule has 8 nitrogen and oxygen atoms in total. The van der Waals surface area contributed by atoms with Gasteiger partial charge in [-0.3, -0.25) is 0 Å². The fourth-order valence-electron chi connectivity index (χ4n) is 3.85. The number of hydrogen-bond donors (Lipinski definition) is 4. The largest absolute Gasteiger partial charge is 0.478 e. The highest BCUT2D eigenvalue weighted by atomic mass is 16.4. The molecule has 8 heteroatoms. The molecule has 4 aromatic carbocycles. The van der Waals surface area contributed by atoms with Gasteiger partial charge >= 0.3 is 23.9 Å². The number of hydrogen-bond acceptors (Lipinski definition) is 4. The maximum atomic E-state index is 11.4. The van der Waals surface area contributed by atoms with Gasteiger partial charge in [0.25, 0.3) is 0 Å².